The molecule has 0 saturated heterocycles. The van der Waals surface area contributed by atoms with Crippen LogP contribution in [0.3, 0.4) is 0 Å². The van der Waals surface area contributed by atoms with Gasteiger partial charge in [-0.2, -0.15) is 26.3 Å². The molecule has 0 N–H and O–H groups in total. The third kappa shape index (κ3) is 3.55. The van der Waals surface area contributed by atoms with Crippen LogP contribution in [0.1, 0.15) is 24.1 Å². The number of aromatic nitrogens is 1. The summed E-state index contributed by atoms with van der Waals surface area (Å²) in [5.41, 5.74) is -3.91. The summed E-state index contributed by atoms with van der Waals surface area (Å²) in [6.07, 6.45) is 0.312. The van der Waals surface area contributed by atoms with Crippen molar-refractivity contribution >= 4 is 21.0 Å². The van der Waals surface area contributed by atoms with Crippen LogP contribution in [0.5, 0.6) is 0 Å². The highest BCUT2D eigenvalue weighted by atomic mass is 32.2. The van der Waals surface area contributed by atoms with Crippen LogP contribution in [-0.2, 0) is 16.5 Å². The second-order valence-electron chi connectivity index (χ2n) is 5.98. The molecule has 138 valence electrons. The molecule has 8 heteroatoms. The van der Waals surface area contributed by atoms with E-state index in [0.717, 1.165) is 10.3 Å². The highest BCUT2D eigenvalue weighted by Crippen LogP contribution is 2.28. The van der Waals surface area contributed by atoms with Gasteiger partial charge in [-0.3, -0.25) is 4.28 Å². The van der Waals surface area contributed by atoms with E-state index in [1.165, 1.54) is 6.07 Å². The van der Waals surface area contributed by atoms with Gasteiger partial charge in [0.15, 0.2) is 0 Å². The second-order valence-corrected chi connectivity index (χ2v) is 7.50. The first kappa shape index (κ1) is 18.3. The highest BCUT2D eigenvalue weighted by Gasteiger charge is 2.49. The number of para-hydroxylation sites is 1. The van der Waals surface area contributed by atoms with Crippen molar-refractivity contribution in [1.29, 1.82) is 0 Å². The molecule has 0 bridgehead atoms. The Morgan fingerprint density at radius 3 is 2.31 bits per heavy atom. The Morgan fingerprint density at radius 2 is 1.65 bits per heavy atom. The molecule has 2 aromatic carbocycles. The fraction of sp³-hybridized carbons (Fsp3) is 0.222. The minimum atomic E-state index is -5.77. The molecule has 1 aromatic heterocycles. The second kappa shape index (κ2) is 6.68. The van der Waals surface area contributed by atoms with Crippen LogP contribution in [0, 0.1) is 0 Å². The summed E-state index contributed by atoms with van der Waals surface area (Å²) in [5, 5.41) is 0.597. The lowest BCUT2D eigenvalue weighted by atomic mass is 9.96. The lowest BCUT2D eigenvalue weighted by Crippen LogP contribution is -2.33. The molecule has 0 spiro atoms. The van der Waals surface area contributed by atoms with Gasteiger partial charge in [0.05, 0.1) is 11.2 Å². The Labute approximate surface area is 148 Å². The Balaban J connectivity index is 2.03. The monoisotopic (exact) mass is 383 g/mol. The van der Waals surface area contributed by atoms with Crippen LogP contribution < -0.4 is 4.28 Å². The van der Waals surface area contributed by atoms with Crippen molar-refractivity contribution in [2.45, 2.75) is 24.8 Å². The molecule has 0 amide bonds. The third-order valence-electron chi connectivity index (χ3n) is 4.08. The first-order chi connectivity index (χ1) is 12.2. The molecule has 0 aliphatic carbocycles. The van der Waals surface area contributed by atoms with Crippen molar-refractivity contribution in [3.05, 3.63) is 71.9 Å². The summed E-state index contributed by atoms with van der Waals surface area (Å²) in [6, 6.07) is 17.6. The lowest BCUT2D eigenvalue weighted by molar-refractivity contribution is -0.0545. The molecular formula is C18H16F3NO3S. The zero-order chi connectivity index (χ0) is 18.9. The van der Waals surface area contributed by atoms with Crippen molar-refractivity contribution in [2.24, 2.45) is 0 Å². The van der Waals surface area contributed by atoms with E-state index in [9.17, 15) is 21.6 Å². The molecule has 4 nitrogen and oxygen atoms in total. The molecule has 0 aliphatic heterocycles. The van der Waals surface area contributed by atoms with Crippen LogP contribution in [0.4, 0.5) is 13.2 Å². The fourth-order valence-corrected chi connectivity index (χ4v) is 3.23. The van der Waals surface area contributed by atoms with Gasteiger partial charge in [0.2, 0.25) is 0 Å². The SMILES string of the molecule is CC(Cc1cc2ccccc2n1OS(=O)(=O)C(F)(F)F)c1ccccc1. The standard InChI is InChI=1S/C18H16F3NO3S/c1-13(14-7-3-2-4-8-14)11-16-12-15-9-5-6-10-17(15)22(16)25-26(23,24)18(19,20)21/h2-10,12-13H,11H2,1H3. The Hall–Kier alpha value is -2.48. The maximum atomic E-state index is 12.8. The third-order valence-corrected chi connectivity index (χ3v) is 4.99. The summed E-state index contributed by atoms with van der Waals surface area (Å²) in [6.45, 7) is 1.91. The zero-order valence-corrected chi connectivity index (χ0v) is 14.6. The van der Waals surface area contributed by atoms with Gasteiger partial charge < -0.3 is 0 Å². The minimum Gasteiger partial charge on any atom is -0.281 e. The minimum absolute atomic E-state index is 0.0450. The topological polar surface area (TPSA) is 48.3 Å². The van der Waals surface area contributed by atoms with E-state index >= 15 is 0 Å². The number of hydrogen-bond donors (Lipinski definition) is 0. The van der Waals surface area contributed by atoms with Crippen LogP contribution >= 0.6 is 0 Å². The highest BCUT2D eigenvalue weighted by molar-refractivity contribution is 7.87. The van der Waals surface area contributed by atoms with E-state index in [-0.39, 0.29) is 11.4 Å². The number of hydrogen-bond acceptors (Lipinski definition) is 3. The number of halogens is 3. The number of alkyl halides is 3. The Morgan fingerprint density at radius 1 is 1.04 bits per heavy atom. The first-order valence-electron chi connectivity index (χ1n) is 7.84. The molecule has 0 fully saturated rings. The van der Waals surface area contributed by atoms with Crippen LogP contribution in [0.25, 0.3) is 10.9 Å². The van der Waals surface area contributed by atoms with Gasteiger partial charge in [0.1, 0.15) is 0 Å². The maximum absolute atomic E-state index is 12.8. The van der Waals surface area contributed by atoms with E-state index < -0.39 is 15.6 Å². The van der Waals surface area contributed by atoms with Crippen LogP contribution in [-0.4, -0.2) is 18.7 Å². The van der Waals surface area contributed by atoms with Crippen LogP contribution in [0.2, 0.25) is 0 Å². The Bertz CT molecular complexity index is 1010. The molecular weight excluding hydrogens is 367 g/mol. The maximum Gasteiger partial charge on any atom is 0.536 e. The summed E-state index contributed by atoms with van der Waals surface area (Å²) in [5.74, 6) is -0.0450. The van der Waals surface area contributed by atoms with Gasteiger partial charge in [0.25, 0.3) is 0 Å². The predicted octanol–water partition coefficient (Wildman–Crippen LogP) is 4.27. The average molecular weight is 383 g/mol. The number of fused-ring (bicyclic) bond motifs is 1. The largest absolute Gasteiger partial charge is 0.536 e. The predicted molar refractivity (Wildman–Crippen MR) is 92.1 cm³/mol. The number of nitrogens with zero attached hydrogens (tertiary/aromatic N) is 1. The summed E-state index contributed by atoms with van der Waals surface area (Å²) >= 11 is 0. The zero-order valence-electron chi connectivity index (χ0n) is 13.8. The summed E-state index contributed by atoms with van der Waals surface area (Å²) in [7, 11) is -5.77. The van der Waals surface area contributed by atoms with Crippen molar-refractivity contribution in [1.82, 2.24) is 4.73 Å². The van der Waals surface area contributed by atoms with Gasteiger partial charge in [-0.1, -0.05) is 55.5 Å². The average Bonchev–Trinajstić information content (AvgIpc) is 2.92. The fourth-order valence-electron chi connectivity index (χ4n) is 2.77. The first-order valence-corrected chi connectivity index (χ1v) is 9.25. The van der Waals surface area contributed by atoms with Crippen molar-refractivity contribution in [2.75, 3.05) is 0 Å². The van der Waals surface area contributed by atoms with E-state index in [0.29, 0.717) is 17.5 Å². The molecule has 0 saturated carbocycles. The van der Waals surface area contributed by atoms with Crippen LogP contribution in [0.15, 0.2) is 60.7 Å². The van der Waals surface area contributed by atoms with Crippen molar-refractivity contribution in [3.63, 3.8) is 0 Å². The quantitative estimate of drug-likeness (QED) is 0.619. The van der Waals surface area contributed by atoms with E-state index in [1.54, 1.807) is 24.3 Å². The Kier molecular flexibility index (Phi) is 4.70. The lowest BCUT2D eigenvalue weighted by Gasteiger charge is -2.16. The molecule has 0 aliphatic rings. The number of benzene rings is 2. The molecule has 1 atom stereocenters. The van der Waals surface area contributed by atoms with E-state index in [4.69, 9.17) is 0 Å². The summed E-state index contributed by atoms with van der Waals surface area (Å²) < 4.78 is 66.5. The summed E-state index contributed by atoms with van der Waals surface area (Å²) in [4.78, 5) is 0. The van der Waals surface area contributed by atoms with E-state index in [2.05, 4.69) is 4.28 Å². The van der Waals surface area contributed by atoms with Gasteiger partial charge in [-0.25, -0.2) is 0 Å². The molecule has 26 heavy (non-hydrogen) atoms. The molecule has 1 unspecified atom stereocenters. The van der Waals surface area contributed by atoms with Gasteiger partial charge >= 0.3 is 15.6 Å². The smallest absolute Gasteiger partial charge is 0.281 e. The molecule has 0 radical (unpaired) electrons. The van der Waals surface area contributed by atoms with Gasteiger partial charge in [-0.05, 0) is 30.0 Å². The molecule has 3 aromatic rings. The normalized spacial score (nSPS) is 13.7. The molecule has 1 heterocycles. The van der Waals surface area contributed by atoms with Gasteiger partial charge in [-0.15, -0.1) is 0 Å². The van der Waals surface area contributed by atoms with E-state index in [1.807, 2.05) is 37.3 Å². The number of rotatable bonds is 5. The van der Waals surface area contributed by atoms with Gasteiger partial charge in [0, 0.05) is 5.39 Å². The van der Waals surface area contributed by atoms with Crippen molar-refractivity contribution < 1.29 is 25.9 Å². The van der Waals surface area contributed by atoms with Crippen molar-refractivity contribution in [3.8, 4) is 0 Å². The molecule has 3 rings (SSSR count).